The van der Waals surface area contributed by atoms with Crippen LogP contribution in [0.3, 0.4) is 0 Å². The largest absolute Gasteiger partial charge is 0.473 e. The van der Waals surface area contributed by atoms with E-state index in [0.717, 1.165) is 25.7 Å². The summed E-state index contributed by atoms with van der Waals surface area (Å²) >= 11 is 3.33. The Hall–Kier alpha value is -2.29. The van der Waals surface area contributed by atoms with Crippen molar-refractivity contribution in [1.82, 2.24) is 15.0 Å². The molecule has 1 aliphatic carbocycles. The van der Waals surface area contributed by atoms with E-state index < -0.39 is 4.92 Å². The van der Waals surface area contributed by atoms with E-state index in [0.29, 0.717) is 16.2 Å². The van der Waals surface area contributed by atoms with Crippen LogP contribution in [-0.4, -0.2) is 32.0 Å². The van der Waals surface area contributed by atoms with Gasteiger partial charge in [-0.3, -0.25) is 15.1 Å². The van der Waals surface area contributed by atoms with Gasteiger partial charge in [0.1, 0.15) is 18.1 Å². The quantitative estimate of drug-likeness (QED) is 0.613. The summed E-state index contributed by atoms with van der Waals surface area (Å²) in [6, 6.07) is 1.72. The van der Waals surface area contributed by atoms with Gasteiger partial charge in [-0.1, -0.05) is 0 Å². The van der Waals surface area contributed by atoms with Crippen molar-refractivity contribution < 1.29 is 9.66 Å². The summed E-state index contributed by atoms with van der Waals surface area (Å²) in [5, 5.41) is 14.1. The predicted molar refractivity (Wildman–Crippen MR) is 90.9 cm³/mol. The second-order valence-electron chi connectivity index (χ2n) is 5.56. The Morgan fingerprint density at radius 3 is 2.62 bits per heavy atom. The maximum Gasteiger partial charge on any atom is 0.288 e. The monoisotopic (exact) mass is 393 g/mol. The van der Waals surface area contributed by atoms with Gasteiger partial charge in [-0.2, -0.15) is 0 Å². The first-order chi connectivity index (χ1) is 11.6. The van der Waals surface area contributed by atoms with Crippen LogP contribution in [0.4, 0.5) is 11.5 Å². The minimum Gasteiger partial charge on any atom is -0.473 e. The first-order valence-electron chi connectivity index (χ1n) is 7.61. The zero-order chi connectivity index (χ0) is 16.9. The third kappa shape index (κ3) is 4.16. The second kappa shape index (κ2) is 7.52. The molecule has 9 heteroatoms. The lowest BCUT2D eigenvalue weighted by Gasteiger charge is -2.29. The second-order valence-corrected chi connectivity index (χ2v) is 6.41. The van der Waals surface area contributed by atoms with E-state index in [-0.39, 0.29) is 17.8 Å². The molecule has 24 heavy (non-hydrogen) atoms. The molecule has 0 spiro atoms. The molecular formula is C15H16BrN5O3. The SMILES string of the molecule is O=[N+]([O-])c1cnc(NC2CCC(Oc3cnccn3)CC2)c(Br)c1. The van der Waals surface area contributed by atoms with Crippen molar-refractivity contribution in [2.45, 2.75) is 37.8 Å². The molecule has 2 aromatic rings. The molecule has 1 N–H and O–H groups in total. The van der Waals surface area contributed by atoms with Crippen LogP contribution in [0.15, 0.2) is 35.3 Å². The van der Waals surface area contributed by atoms with Crippen LogP contribution in [0.2, 0.25) is 0 Å². The molecule has 0 radical (unpaired) electrons. The molecule has 0 bridgehead atoms. The van der Waals surface area contributed by atoms with Gasteiger partial charge >= 0.3 is 0 Å². The molecule has 8 nitrogen and oxygen atoms in total. The minimum absolute atomic E-state index is 0.0338. The number of nitrogens with zero attached hydrogens (tertiary/aromatic N) is 4. The third-order valence-corrected chi connectivity index (χ3v) is 4.48. The van der Waals surface area contributed by atoms with E-state index in [2.05, 4.69) is 36.2 Å². The Bertz CT molecular complexity index is 708. The molecule has 1 fully saturated rings. The van der Waals surface area contributed by atoms with Crippen molar-refractivity contribution in [3.05, 3.63) is 45.4 Å². The molecule has 1 aliphatic rings. The lowest BCUT2D eigenvalue weighted by molar-refractivity contribution is -0.385. The van der Waals surface area contributed by atoms with Gasteiger partial charge < -0.3 is 10.1 Å². The average molecular weight is 394 g/mol. The van der Waals surface area contributed by atoms with E-state index in [1.165, 1.54) is 12.3 Å². The summed E-state index contributed by atoms with van der Waals surface area (Å²) in [4.78, 5) is 22.5. The maximum atomic E-state index is 10.7. The first kappa shape index (κ1) is 16.6. The molecule has 0 aliphatic heterocycles. The highest BCUT2D eigenvalue weighted by molar-refractivity contribution is 9.10. The van der Waals surface area contributed by atoms with E-state index in [1.54, 1.807) is 18.6 Å². The zero-order valence-corrected chi connectivity index (χ0v) is 14.3. The third-order valence-electron chi connectivity index (χ3n) is 3.88. The maximum absolute atomic E-state index is 10.7. The first-order valence-corrected chi connectivity index (χ1v) is 8.40. The number of hydrogen-bond acceptors (Lipinski definition) is 7. The highest BCUT2D eigenvalue weighted by Gasteiger charge is 2.24. The van der Waals surface area contributed by atoms with Gasteiger partial charge in [0, 0.05) is 24.5 Å². The lowest BCUT2D eigenvalue weighted by Crippen LogP contribution is -2.31. The highest BCUT2D eigenvalue weighted by atomic mass is 79.9. The van der Waals surface area contributed by atoms with Crippen molar-refractivity contribution in [2.75, 3.05) is 5.32 Å². The lowest BCUT2D eigenvalue weighted by atomic mass is 9.93. The Labute approximate surface area is 147 Å². The van der Waals surface area contributed by atoms with E-state index in [1.807, 2.05) is 0 Å². The summed E-state index contributed by atoms with van der Waals surface area (Å²) in [5.41, 5.74) is -0.0338. The van der Waals surface area contributed by atoms with Crippen LogP contribution in [-0.2, 0) is 0 Å². The van der Waals surface area contributed by atoms with Gasteiger partial charge in [0.05, 0.1) is 15.6 Å². The van der Waals surface area contributed by atoms with Crippen molar-refractivity contribution >= 4 is 27.4 Å². The minimum atomic E-state index is -0.462. The van der Waals surface area contributed by atoms with Crippen molar-refractivity contribution in [3.63, 3.8) is 0 Å². The number of nitro groups is 1. The number of ether oxygens (including phenoxy) is 1. The fourth-order valence-corrected chi connectivity index (χ4v) is 3.12. The summed E-state index contributed by atoms with van der Waals surface area (Å²) in [7, 11) is 0. The highest BCUT2D eigenvalue weighted by Crippen LogP contribution is 2.29. The molecule has 0 unspecified atom stereocenters. The van der Waals surface area contributed by atoms with Gasteiger partial charge in [-0.25, -0.2) is 9.97 Å². The number of rotatable bonds is 5. The topological polar surface area (TPSA) is 103 Å². The smallest absolute Gasteiger partial charge is 0.288 e. The number of nitrogens with one attached hydrogen (secondary N) is 1. The fraction of sp³-hybridized carbons (Fsp3) is 0.400. The van der Waals surface area contributed by atoms with Gasteiger partial charge in [-0.05, 0) is 41.6 Å². The average Bonchev–Trinajstić information content (AvgIpc) is 2.59. The summed E-state index contributed by atoms with van der Waals surface area (Å²) in [6.45, 7) is 0. The summed E-state index contributed by atoms with van der Waals surface area (Å²) in [5.74, 6) is 1.17. The molecule has 126 valence electrons. The molecule has 0 amide bonds. The molecule has 0 atom stereocenters. The van der Waals surface area contributed by atoms with Crippen molar-refractivity contribution in [2.24, 2.45) is 0 Å². The fourth-order valence-electron chi connectivity index (χ4n) is 2.67. The summed E-state index contributed by atoms with van der Waals surface area (Å²) < 4.78 is 6.41. The number of pyridine rings is 1. The Kier molecular flexibility index (Phi) is 5.19. The Morgan fingerprint density at radius 1 is 1.21 bits per heavy atom. The number of anilines is 1. The standard InChI is InChI=1S/C15H16BrN5O3/c16-13-7-11(21(22)23)8-19-15(13)20-10-1-3-12(4-2-10)24-14-9-17-5-6-18-14/h5-10,12H,1-4H2,(H,19,20). The number of aromatic nitrogens is 3. The van der Waals surface area contributed by atoms with Gasteiger partial charge in [0.2, 0.25) is 5.88 Å². The molecule has 2 heterocycles. The molecule has 1 saturated carbocycles. The molecule has 0 saturated heterocycles. The predicted octanol–water partition coefficient (Wildman–Crippen LogP) is 3.34. The number of halogens is 1. The molecule has 3 rings (SSSR count). The van der Waals surface area contributed by atoms with Crippen molar-refractivity contribution in [1.29, 1.82) is 0 Å². The van der Waals surface area contributed by atoms with Gasteiger partial charge in [-0.15, -0.1) is 0 Å². The normalized spacial score (nSPS) is 20.4. The van der Waals surface area contributed by atoms with Gasteiger partial charge in [0.15, 0.2) is 0 Å². The van der Waals surface area contributed by atoms with E-state index in [4.69, 9.17) is 4.74 Å². The van der Waals surface area contributed by atoms with E-state index >= 15 is 0 Å². The van der Waals surface area contributed by atoms with Crippen LogP contribution in [0, 0.1) is 10.1 Å². The van der Waals surface area contributed by atoms with Crippen LogP contribution in [0.5, 0.6) is 5.88 Å². The van der Waals surface area contributed by atoms with Crippen LogP contribution >= 0.6 is 15.9 Å². The number of hydrogen-bond donors (Lipinski definition) is 1. The summed E-state index contributed by atoms with van der Waals surface area (Å²) in [6.07, 6.45) is 9.89. The van der Waals surface area contributed by atoms with Crippen molar-refractivity contribution in [3.8, 4) is 5.88 Å². The van der Waals surface area contributed by atoms with Crippen LogP contribution in [0.25, 0.3) is 0 Å². The molecule has 2 aromatic heterocycles. The molecule has 0 aromatic carbocycles. The van der Waals surface area contributed by atoms with E-state index in [9.17, 15) is 10.1 Å². The van der Waals surface area contributed by atoms with Gasteiger partial charge in [0.25, 0.3) is 5.69 Å². The Balaban J connectivity index is 1.53. The Morgan fingerprint density at radius 2 is 2.00 bits per heavy atom. The molecular weight excluding hydrogens is 378 g/mol. The zero-order valence-electron chi connectivity index (χ0n) is 12.8. The van der Waals surface area contributed by atoms with Crippen LogP contribution in [0.1, 0.15) is 25.7 Å². The van der Waals surface area contributed by atoms with Crippen LogP contribution < -0.4 is 10.1 Å².